The van der Waals surface area contributed by atoms with Crippen LogP contribution in [-0.2, 0) is 6.61 Å². The molecule has 3 nitrogen and oxygen atoms in total. The summed E-state index contributed by atoms with van der Waals surface area (Å²) in [5.74, 6) is 0.736. The van der Waals surface area contributed by atoms with E-state index >= 15 is 0 Å². The molecule has 2 rings (SSSR count). The largest absolute Gasteiger partial charge is 0.487 e. The van der Waals surface area contributed by atoms with Crippen molar-refractivity contribution in [1.82, 2.24) is 0 Å². The van der Waals surface area contributed by atoms with Gasteiger partial charge in [0.15, 0.2) is 0 Å². The Bertz CT molecular complexity index is 607. The lowest BCUT2D eigenvalue weighted by Crippen LogP contribution is -2.02. The van der Waals surface area contributed by atoms with Crippen molar-refractivity contribution in [2.75, 3.05) is 0 Å². The van der Waals surface area contributed by atoms with Crippen LogP contribution in [0.4, 0.5) is 0 Å². The lowest BCUT2D eigenvalue weighted by Gasteiger charge is -2.11. The lowest BCUT2D eigenvalue weighted by atomic mass is 10.1. The standard InChI is InChI=1S/C14H14BrNO2S/c1-9-3-5-12(10(2)16-17)13(7-9)18-8-11-4-6-14(15)19-11/h3-7,17H,8H2,1-2H3. The zero-order valence-electron chi connectivity index (χ0n) is 10.7. The first-order valence-corrected chi connectivity index (χ1v) is 7.38. The Labute approximate surface area is 124 Å². The van der Waals surface area contributed by atoms with E-state index in [9.17, 15) is 0 Å². The van der Waals surface area contributed by atoms with E-state index in [2.05, 4.69) is 21.1 Å². The summed E-state index contributed by atoms with van der Waals surface area (Å²) in [4.78, 5) is 1.14. The Balaban J connectivity index is 2.21. The zero-order chi connectivity index (χ0) is 13.8. The zero-order valence-corrected chi connectivity index (χ0v) is 13.1. The highest BCUT2D eigenvalue weighted by Gasteiger charge is 2.08. The summed E-state index contributed by atoms with van der Waals surface area (Å²) in [5, 5.41) is 12.1. The maximum absolute atomic E-state index is 8.90. The lowest BCUT2D eigenvalue weighted by molar-refractivity contribution is 0.306. The van der Waals surface area contributed by atoms with Gasteiger partial charge in [-0.15, -0.1) is 11.3 Å². The molecular weight excluding hydrogens is 326 g/mol. The van der Waals surface area contributed by atoms with Gasteiger partial charge in [0.05, 0.1) is 9.50 Å². The van der Waals surface area contributed by atoms with Crippen LogP contribution in [0.1, 0.15) is 22.9 Å². The van der Waals surface area contributed by atoms with E-state index < -0.39 is 0 Å². The topological polar surface area (TPSA) is 41.8 Å². The number of rotatable bonds is 4. The second kappa shape index (κ2) is 6.21. The van der Waals surface area contributed by atoms with Crippen molar-refractivity contribution < 1.29 is 9.94 Å². The molecule has 1 heterocycles. The van der Waals surface area contributed by atoms with E-state index in [-0.39, 0.29) is 0 Å². The van der Waals surface area contributed by atoms with Gasteiger partial charge in [-0.3, -0.25) is 0 Å². The molecule has 0 bridgehead atoms. The van der Waals surface area contributed by atoms with Gasteiger partial charge in [-0.2, -0.15) is 0 Å². The summed E-state index contributed by atoms with van der Waals surface area (Å²) in [6.45, 7) is 4.26. The highest BCUT2D eigenvalue weighted by atomic mass is 79.9. The van der Waals surface area contributed by atoms with E-state index in [4.69, 9.17) is 9.94 Å². The first-order chi connectivity index (χ1) is 9.10. The van der Waals surface area contributed by atoms with Crippen molar-refractivity contribution in [1.29, 1.82) is 0 Å². The minimum Gasteiger partial charge on any atom is -0.487 e. The molecule has 0 saturated heterocycles. The molecule has 19 heavy (non-hydrogen) atoms. The molecule has 1 aromatic heterocycles. The van der Waals surface area contributed by atoms with Gasteiger partial charge >= 0.3 is 0 Å². The summed E-state index contributed by atoms with van der Waals surface area (Å²) in [5.41, 5.74) is 2.46. The normalized spacial score (nSPS) is 11.6. The molecule has 0 aliphatic rings. The molecule has 0 amide bonds. The van der Waals surface area contributed by atoms with Crippen LogP contribution in [0.2, 0.25) is 0 Å². The molecular formula is C14H14BrNO2S. The van der Waals surface area contributed by atoms with Gasteiger partial charge in [0.1, 0.15) is 12.4 Å². The third kappa shape index (κ3) is 3.58. The highest BCUT2D eigenvalue weighted by Crippen LogP contribution is 2.26. The fourth-order valence-corrected chi connectivity index (χ4v) is 3.08. The molecule has 100 valence electrons. The Morgan fingerprint density at radius 1 is 1.37 bits per heavy atom. The maximum atomic E-state index is 8.90. The fourth-order valence-electron chi connectivity index (χ4n) is 1.68. The maximum Gasteiger partial charge on any atom is 0.129 e. The molecule has 0 aliphatic heterocycles. The van der Waals surface area contributed by atoms with Crippen LogP contribution in [0.5, 0.6) is 5.75 Å². The first-order valence-electron chi connectivity index (χ1n) is 5.77. The summed E-state index contributed by atoms with van der Waals surface area (Å²) in [6.07, 6.45) is 0. The van der Waals surface area contributed by atoms with Gasteiger partial charge in [0.25, 0.3) is 0 Å². The molecule has 5 heteroatoms. The van der Waals surface area contributed by atoms with E-state index in [0.29, 0.717) is 12.3 Å². The molecule has 1 aromatic carbocycles. The Hall–Kier alpha value is -1.33. The average Bonchev–Trinajstić information content (AvgIpc) is 2.81. The molecule has 2 aromatic rings. The number of hydrogen-bond acceptors (Lipinski definition) is 4. The number of benzene rings is 1. The van der Waals surface area contributed by atoms with Crippen molar-refractivity contribution in [3.63, 3.8) is 0 Å². The summed E-state index contributed by atoms with van der Waals surface area (Å²) in [7, 11) is 0. The second-order valence-corrected chi connectivity index (χ2v) is 6.73. The van der Waals surface area contributed by atoms with Crippen molar-refractivity contribution in [2.24, 2.45) is 5.16 Å². The molecule has 0 fully saturated rings. The predicted molar refractivity (Wildman–Crippen MR) is 81.5 cm³/mol. The molecule has 0 radical (unpaired) electrons. The number of thiophene rings is 1. The van der Waals surface area contributed by atoms with Gasteiger partial charge in [0, 0.05) is 10.4 Å². The Morgan fingerprint density at radius 2 is 2.16 bits per heavy atom. The molecule has 0 unspecified atom stereocenters. The van der Waals surface area contributed by atoms with E-state index in [1.807, 2.05) is 37.3 Å². The third-order valence-electron chi connectivity index (χ3n) is 2.68. The van der Waals surface area contributed by atoms with Crippen LogP contribution in [-0.4, -0.2) is 10.9 Å². The van der Waals surface area contributed by atoms with Crippen LogP contribution in [0.25, 0.3) is 0 Å². The van der Waals surface area contributed by atoms with Gasteiger partial charge in [-0.05, 0) is 59.6 Å². The number of halogens is 1. The summed E-state index contributed by atoms with van der Waals surface area (Å²) < 4.78 is 6.92. The number of aryl methyl sites for hydroxylation is 1. The molecule has 0 spiro atoms. The fraction of sp³-hybridized carbons (Fsp3) is 0.214. The molecule has 0 atom stereocenters. The summed E-state index contributed by atoms with van der Waals surface area (Å²) in [6, 6.07) is 9.85. The van der Waals surface area contributed by atoms with Gasteiger partial charge in [-0.25, -0.2) is 0 Å². The quantitative estimate of drug-likeness (QED) is 0.502. The van der Waals surface area contributed by atoms with Crippen molar-refractivity contribution >= 4 is 33.0 Å². The number of nitrogens with zero attached hydrogens (tertiary/aromatic N) is 1. The van der Waals surface area contributed by atoms with Crippen LogP contribution < -0.4 is 4.74 Å². The molecule has 1 N–H and O–H groups in total. The number of oxime groups is 1. The second-order valence-electron chi connectivity index (χ2n) is 4.18. The average molecular weight is 340 g/mol. The van der Waals surface area contributed by atoms with Crippen LogP contribution in [0.15, 0.2) is 39.3 Å². The predicted octanol–water partition coefficient (Wildman–Crippen LogP) is 4.60. The van der Waals surface area contributed by atoms with E-state index in [0.717, 1.165) is 25.5 Å². The van der Waals surface area contributed by atoms with Crippen molar-refractivity contribution in [3.05, 3.63) is 50.1 Å². The minimum atomic E-state index is 0.505. The van der Waals surface area contributed by atoms with Crippen LogP contribution in [0, 0.1) is 6.92 Å². The van der Waals surface area contributed by atoms with Gasteiger partial charge in [0.2, 0.25) is 0 Å². The van der Waals surface area contributed by atoms with E-state index in [1.54, 1.807) is 18.3 Å². The first kappa shape index (κ1) is 14.1. The smallest absolute Gasteiger partial charge is 0.129 e. The van der Waals surface area contributed by atoms with Gasteiger partial charge < -0.3 is 9.94 Å². The van der Waals surface area contributed by atoms with Crippen molar-refractivity contribution in [3.8, 4) is 5.75 Å². The van der Waals surface area contributed by atoms with Crippen LogP contribution >= 0.6 is 27.3 Å². The SMILES string of the molecule is CC(=NO)c1ccc(C)cc1OCc1ccc(Br)s1. The van der Waals surface area contributed by atoms with Gasteiger partial charge in [-0.1, -0.05) is 11.2 Å². The van der Waals surface area contributed by atoms with Crippen LogP contribution in [0.3, 0.4) is 0 Å². The Kier molecular flexibility index (Phi) is 4.61. The number of hydrogen-bond donors (Lipinski definition) is 1. The number of ether oxygens (including phenoxy) is 1. The molecule has 0 aliphatic carbocycles. The molecule has 0 saturated carbocycles. The third-order valence-corrected chi connectivity index (χ3v) is 4.27. The monoisotopic (exact) mass is 339 g/mol. The summed E-state index contributed by atoms with van der Waals surface area (Å²) >= 11 is 5.07. The van der Waals surface area contributed by atoms with Crippen molar-refractivity contribution in [2.45, 2.75) is 20.5 Å². The Morgan fingerprint density at radius 3 is 2.79 bits per heavy atom. The van der Waals surface area contributed by atoms with E-state index in [1.165, 1.54) is 0 Å². The highest BCUT2D eigenvalue weighted by molar-refractivity contribution is 9.11. The minimum absolute atomic E-state index is 0.505.